The van der Waals surface area contributed by atoms with Gasteiger partial charge in [-0.15, -0.1) is 0 Å². The molecule has 0 spiro atoms. The van der Waals surface area contributed by atoms with Gasteiger partial charge in [0.15, 0.2) is 5.78 Å². The summed E-state index contributed by atoms with van der Waals surface area (Å²) in [7, 11) is 0. The molecule has 6 atom stereocenters. The first-order valence-electron chi connectivity index (χ1n) is 9.68. The van der Waals surface area contributed by atoms with Crippen LogP contribution in [0.1, 0.15) is 78.6 Å². The molecule has 0 bridgehead atoms. The molecule has 22 heavy (non-hydrogen) atoms. The van der Waals surface area contributed by atoms with Gasteiger partial charge < -0.3 is 0 Å². The average molecular weight is 300 g/mol. The third-order valence-corrected chi connectivity index (χ3v) is 8.54. The maximum absolute atomic E-state index is 12.1. The van der Waals surface area contributed by atoms with Gasteiger partial charge in [-0.25, -0.2) is 0 Å². The van der Waals surface area contributed by atoms with E-state index in [-0.39, 0.29) is 5.41 Å². The van der Waals surface area contributed by atoms with Crippen molar-refractivity contribution in [1.29, 1.82) is 0 Å². The molecule has 0 heterocycles. The molecule has 0 unspecified atom stereocenters. The van der Waals surface area contributed by atoms with Gasteiger partial charge in [0.2, 0.25) is 0 Å². The predicted molar refractivity (Wildman–Crippen MR) is 90.5 cm³/mol. The lowest BCUT2D eigenvalue weighted by atomic mass is 9.45. The number of carbonyl (C=O) groups is 1. The van der Waals surface area contributed by atoms with Crippen LogP contribution in [0, 0.1) is 34.5 Å². The van der Waals surface area contributed by atoms with Crippen molar-refractivity contribution in [1.82, 2.24) is 0 Å². The van der Waals surface area contributed by atoms with E-state index in [1.807, 2.05) is 0 Å². The Morgan fingerprint density at radius 2 is 1.86 bits per heavy atom. The number of ketones is 1. The van der Waals surface area contributed by atoms with Gasteiger partial charge in [-0.3, -0.25) is 4.79 Å². The van der Waals surface area contributed by atoms with Crippen molar-refractivity contribution >= 4 is 5.78 Å². The molecule has 122 valence electrons. The average Bonchev–Trinajstić information content (AvgIpc) is 2.84. The molecule has 0 aliphatic heterocycles. The Morgan fingerprint density at radius 1 is 1.05 bits per heavy atom. The van der Waals surface area contributed by atoms with E-state index in [1.165, 1.54) is 63.4 Å². The molecule has 0 aromatic heterocycles. The normalized spacial score (nSPS) is 50.6. The van der Waals surface area contributed by atoms with Gasteiger partial charge in [0.25, 0.3) is 0 Å². The van der Waals surface area contributed by atoms with E-state index in [0.717, 1.165) is 23.7 Å². The third-order valence-electron chi connectivity index (χ3n) is 8.54. The Balaban J connectivity index is 1.64. The molecule has 0 aromatic carbocycles. The van der Waals surface area contributed by atoms with E-state index in [0.29, 0.717) is 11.2 Å². The monoisotopic (exact) mass is 300 g/mol. The first-order chi connectivity index (χ1) is 10.5. The van der Waals surface area contributed by atoms with E-state index < -0.39 is 0 Å². The minimum atomic E-state index is 0.199. The zero-order valence-electron chi connectivity index (χ0n) is 14.7. The largest absolute Gasteiger partial charge is 0.295 e. The predicted octanol–water partition coefficient (Wildman–Crippen LogP) is 5.54. The SMILES string of the molecule is CC(=O)C1=CC[C@@H]2[C@@H]3CC[C@H]4CCCC[C@]4(C)[C@H]3CC[C@]12C. The number of allylic oxidation sites excluding steroid dienone is 2. The summed E-state index contributed by atoms with van der Waals surface area (Å²) in [5.74, 6) is 3.90. The minimum Gasteiger partial charge on any atom is -0.295 e. The van der Waals surface area contributed by atoms with Gasteiger partial charge >= 0.3 is 0 Å². The van der Waals surface area contributed by atoms with Crippen molar-refractivity contribution in [3.05, 3.63) is 11.6 Å². The van der Waals surface area contributed by atoms with Crippen LogP contribution in [0.5, 0.6) is 0 Å². The number of hydrogen-bond donors (Lipinski definition) is 0. The summed E-state index contributed by atoms with van der Waals surface area (Å²) in [4.78, 5) is 12.1. The van der Waals surface area contributed by atoms with Crippen molar-refractivity contribution in [3.8, 4) is 0 Å². The molecule has 0 radical (unpaired) electrons. The molecular weight excluding hydrogens is 268 g/mol. The van der Waals surface area contributed by atoms with Gasteiger partial charge in [-0.2, -0.15) is 0 Å². The van der Waals surface area contributed by atoms with Crippen LogP contribution >= 0.6 is 0 Å². The summed E-state index contributed by atoms with van der Waals surface area (Å²) in [5.41, 5.74) is 1.98. The number of Topliss-reactive ketones (excluding diaryl/α,β-unsaturated/α-hetero) is 1. The van der Waals surface area contributed by atoms with Crippen molar-refractivity contribution < 1.29 is 4.79 Å². The summed E-state index contributed by atoms with van der Waals surface area (Å²) in [6, 6.07) is 0. The first kappa shape index (κ1) is 15.0. The molecule has 0 aromatic rings. The lowest BCUT2D eigenvalue weighted by molar-refractivity contribution is -0.118. The third kappa shape index (κ3) is 1.86. The minimum absolute atomic E-state index is 0.199. The smallest absolute Gasteiger partial charge is 0.156 e. The Hall–Kier alpha value is -0.590. The molecule has 4 rings (SSSR count). The molecule has 0 N–H and O–H groups in total. The highest BCUT2D eigenvalue weighted by molar-refractivity contribution is 5.95. The number of carbonyl (C=O) groups excluding carboxylic acids is 1. The fourth-order valence-corrected chi connectivity index (χ4v) is 7.41. The molecule has 4 aliphatic rings. The quantitative estimate of drug-likeness (QED) is 0.621. The molecule has 0 saturated heterocycles. The maximum Gasteiger partial charge on any atom is 0.156 e. The second kappa shape index (κ2) is 4.95. The van der Waals surface area contributed by atoms with Crippen molar-refractivity contribution in [2.75, 3.05) is 0 Å². The Morgan fingerprint density at radius 3 is 2.64 bits per heavy atom. The summed E-state index contributed by atoms with van der Waals surface area (Å²) in [5, 5.41) is 0. The highest BCUT2D eigenvalue weighted by atomic mass is 16.1. The summed E-state index contributed by atoms with van der Waals surface area (Å²) in [6.45, 7) is 6.82. The van der Waals surface area contributed by atoms with E-state index in [2.05, 4.69) is 19.9 Å². The lowest BCUT2D eigenvalue weighted by Gasteiger charge is -2.60. The van der Waals surface area contributed by atoms with Gasteiger partial charge in [0.1, 0.15) is 0 Å². The summed E-state index contributed by atoms with van der Waals surface area (Å²) in [6.07, 6.45) is 14.9. The van der Waals surface area contributed by atoms with E-state index >= 15 is 0 Å². The standard InChI is InChI=1S/C21H32O/c1-14(22)17-9-10-18-16-8-7-15-6-4-5-12-20(15,2)19(16)11-13-21(17,18)3/h9,15-16,18-19H,4-8,10-13H2,1-3H3/t15-,16+,18-,19+,20+,21-/m1/s1. The topological polar surface area (TPSA) is 17.1 Å². The van der Waals surface area contributed by atoms with Gasteiger partial charge in [0, 0.05) is 0 Å². The van der Waals surface area contributed by atoms with Crippen LogP contribution in [0.25, 0.3) is 0 Å². The molecular formula is C21H32O. The zero-order valence-corrected chi connectivity index (χ0v) is 14.7. The Kier molecular flexibility index (Phi) is 3.37. The van der Waals surface area contributed by atoms with Crippen LogP contribution in [0.4, 0.5) is 0 Å². The van der Waals surface area contributed by atoms with Crippen molar-refractivity contribution in [2.45, 2.75) is 78.6 Å². The zero-order chi connectivity index (χ0) is 15.5. The van der Waals surface area contributed by atoms with Crippen molar-refractivity contribution in [3.63, 3.8) is 0 Å². The van der Waals surface area contributed by atoms with E-state index in [9.17, 15) is 4.79 Å². The summed E-state index contributed by atoms with van der Waals surface area (Å²) < 4.78 is 0. The second-order valence-corrected chi connectivity index (χ2v) is 9.27. The summed E-state index contributed by atoms with van der Waals surface area (Å²) >= 11 is 0. The van der Waals surface area contributed by atoms with Crippen LogP contribution in [-0.2, 0) is 4.79 Å². The number of fused-ring (bicyclic) bond motifs is 5. The molecule has 1 nitrogen and oxygen atoms in total. The highest BCUT2D eigenvalue weighted by Crippen LogP contribution is 2.66. The number of hydrogen-bond acceptors (Lipinski definition) is 1. The van der Waals surface area contributed by atoms with Crippen LogP contribution < -0.4 is 0 Å². The van der Waals surface area contributed by atoms with Gasteiger partial charge in [0.05, 0.1) is 0 Å². The molecule has 4 aliphatic carbocycles. The molecule has 1 heteroatoms. The fourth-order valence-electron chi connectivity index (χ4n) is 7.41. The van der Waals surface area contributed by atoms with E-state index in [1.54, 1.807) is 6.92 Å². The van der Waals surface area contributed by atoms with Crippen LogP contribution in [0.2, 0.25) is 0 Å². The second-order valence-electron chi connectivity index (χ2n) is 9.27. The maximum atomic E-state index is 12.1. The number of rotatable bonds is 1. The lowest BCUT2D eigenvalue weighted by Crippen LogP contribution is -2.52. The van der Waals surface area contributed by atoms with Crippen LogP contribution in [0.15, 0.2) is 11.6 Å². The van der Waals surface area contributed by atoms with Crippen LogP contribution in [0.3, 0.4) is 0 Å². The van der Waals surface area contributed by atoms with Gasteiger partial charge in [-0.1, -0.05) is 32.8 Å². The van der Waals surface area contributed by atoms with Crippen molar-refractivity contribution in [2.24, 2.45) is 34.5 Å². The van der Waals surface area contributed by atoms with E-state index in [4.69, 9.17) is 0 Å². The fraction of sp³-hybridized carbons (Fsp3) is 0.857. The Bertz CT molecular complexity index is 518. The van der Waals surface area contributed by atoms with Crippen LogP contribution in [-0.4, -0.2) is 5.78 Å². The molecule has 3 fully saturated rings. The highest BCUT2D eigenvalue weighted by Gasteiger charge is 2.58. The molecule has 0 amide bonds. The first-order valence-corrected chi connectivity index (χ1v) is 9.68. The van der Waals surface area contributed by atoms with Gasteiger partial charge in [-0.05, 0) is 91.9 Å². The molecule has 3 saturated carbocycles. The Labute approximate surface area is 135 Å².